The molecular weight excluding hydrogens is 87.0 g/mol. The first-order valence-electron chi connectivity index (χ1n) is 1.03. The smallest absolute Gasteiger partial charge is 0.00462 e. The lowest BCUT2D eigenvalue weighted by atomic mass is 11.6. The van der Waals surface area contributed by atoms with Gasteiger partial charge in [0.1, 0.15) is 0 Å². The lowest BCUT2D eigenvalue weighted by molar-refractivity contribution is 0.589. The minimum absolute atomic E-state index is 1.53. The summed E-state index contributed by atoms with van der Waals surface area (Å²) in [6.07, 6.45) is 0. The summed E-state index contributed by atoms with van der Waals surface area (Å²) < 4.78 is 16.0. The van der Waals surface area contributed by atoms with Crippen LogP contribution < -0.4 is 0 Å². The third kappa shape index (κ3) is 0.254. The minimum atomic E-state index is -1.53. The molecule has 0 saturated heterocycles. The van der Waals surface area contributed by atoms with E-state index < -0.39 is 8.10 Å². The first-order valence-corrected chi connectivity index (χ1v) is 2.19. The highest BCUT2D eigenvalue weighted by Crippen LogP contribution is 2.26. The van der Waals surface area contributed by atoms with Crippen LogP contribution in [0.25, 0.3) is 0 Å². The molecule has 0 radical (unpaired) electrons. The molecule has 0 aliphatic carbocycles. The third-order valence-electron chi connectivity index (χ3n) is 0.261. The molecule has 0 amide bonds. The van der Waals surface area contributed by atoms with E-state index in [2.05, 4.69) is 15.5 Å². The highest BCUT2D eigenvalue weighted by atomic mass is 31.1. The van der Waals surface area contributed by atoms with Crippen molar-refractivity contribution in [3.63, 3.8) is 0 Å². The lowest BCUT2D eigenvalue weighted by Gasteiger charge is -1.55. The zero-order valence-corrected chi connectivity index (χ0v) is 3.14. The van der Waals surface area contributed by atoms with E-state index in [0.717, 1.165) is 0 Å². The Morgan fingerprint density at radius 2 is 2.00 bits per heavy atom. The van der Waals surface area contributed by atoms with Crippen molar-refractivity contribution >= 4 is 14.1 Å². The molecule has 1 heterocycles. The Labute approximate surface area is 29.3 Å². The SMILES string of the molecule is O=[P+]1N=C=N1. The van der Waals surface area contributed by atoms with Crippen molar-refractivity contribution < 1.29 is 4.57 Å². The zero-order valence-electron chi connectivity index (χ0n) is 2.25. The zero-order chi connectivity index (χ0) is 3.70. The quantitative estimate of drug-likeness (QED) is 0.403. The van der Waals surface area contributed by atoms with Gasteiger partial charge in [0.15, 0.2) is 0 Å². The lowest BCUT2D eigenvalue weighted by Crippen LogP contribution is -1.56. The molecule has 0 fully saturated rings. The molecule has 0 aromatic rings. The molecule has 1 rings (SSSR count). The Hall–Kier alpha value is -0.520. The van der Waals surface area contributed by atoms with Crippen molar-refractivity contribution in [2.45, 2.75) is 0 Å². The molecule has 0 unspecified atom stereocenters. The van der Waals surface area contributed by atoms with Crippen LogP contribution in [0.5, 0.6) is 0 Å². The van der Waals surface area contributed by atoms with Crippen molar-refractivity contribution in [3.05, 3.63) is 0 Å². The summed E-state index contributed by atoms with van der Waals surface area (Å²) in [5, 5.41) is 0. The van der Waals surface area contributed by atoms with Crippen molar-refractivity contribution in [2.24, 2.45) is 9.53 Å². The average Bonchev–Trinajstić information content (AvgIpc) is 1.30. The van der Waals surface area contributed by atoms with Gasteiger partial charge in [0.05, 0.1) is 9.53 Å². The van der Waals surface area contributed by atoms with Crippen molar-refractivity contribution in [1.29, 1.82) is 0 Å². The Balaban J connectivity index is 2.96. The van der Waals surface area contributed by atoms with Crippen LogP contribution in [0, 0.1) is 0 Å². The molecule has 0 bridgehead atoms. The largest absolute Gasteiger partial charge is 0.663 e. The van der Waals surface area contributed by atoms with Gasteiger partial charge in [-0.3, -0.25) is 0 Å². The highest BCUT2D eigenvalue weighted by molar-refractivity contribution is 7.43. The molecule has 0 saturated carbocycles. The number of rotatable bonds is 0. The fraction of sp³-hybridized carbons (Fsp3) is 0. The molecule has 0 spiro atoms. The Bertz CT molecular complexity index is 112. The number of hydrogen-bond donors (Lipinski definition) is 0. The molecular formula is CN2OP+. The first kappa shape index (κ1) is 2.70. The fourth-order valence-electron chi connectivity index (χ4n) is 0.0812. The summed E-state index contributed by atoms with van der Waals surface area (Å²) in [5.41, 5.74) is 0. The minimum Gasteiger partial charge on any atom is -0.00462 e. The number of nitrogens with zero attached hydrogens (tertiary/aromatic N) is 2. The Morgan fingerprint density at radius 1 is 1.60 bits per heavy atom. The van der Waals surface area contributed by atoms with E-state index in [1.807, 2.05) is 0 Å². The summed E-state index contributed by atoms with van der Waals surface area (Å²) in [6, 6.07) is 2.13. The maximum Gasteiger partial charge on any atom is 0.663 e. The molecule has 0 atom stereocenters. The van der Waals surface area contributed by atoms with Crippen molar-refractivity contribution in [3.8, 4) is 0 Å². The number of hydrogen-bond acceptors (Lipinski definition) is 1. The maximum absolute atomic E-state index is 9.65. The normalized spacial score (nSPS) is 15.6. The first-order chi connectivity index (χ1) is 2.39. The van der Waals surface area contributed by atoms with E-state index in [0.29, 0.717) is 0 Å². The van der Waals surface area contributed by atoms with Crippen LogP contribution >= 0.6 is 8.10 Å². The second-order valence-electron chi connectivity index (χ2n) is 0.553. The van der Waals surface area contributed by atoms with E-state index in [9.17, 15) is 4.57 Å². The fourth-order valence-corrected chi connectivity index (χ4v) is 0.244. The van der Waals surface area contributed by atoms with E-state index in [4.69, 9.17) is 0 Å². The van der Waals surface area contributed by atoms with Gasteiger partial charge in [-0.15, -0.1) is 0 Å². The monoisotopic (exact) mass is 87.0 g/mol. The van der Waals surface area contributed by atoms with E-state index in [-0.39, 0.29) is 0 Å². The molecule has 4 heteroatoms. The van der Waals surface area contributed by atoms with Crippen LogP contribution in [0.15, 0.2) is 9.53 Å². The predicted molar refractivity (Wildman–Crippen MR) is 17.5 cm³/mol. The van der Waals surface area contributed by atoms with Crippen LogP contribution in [-0.2, 0) is 4.57 Å². The third-order valence-corrected chi connectivity index (χ3v) is 0.782. The molecule has 0 N–H and O–H groups in total. The van der Waals surface area contributed by atoms with Gasteiger partial charge in [-0.2, -0.15) is 0 Å². The molecule has 24 valence electrons. The molecule has 0 aromatic heterocycles. The second-order valence-corrected chi connectivity index (χ2v) is 1.46. The second kappa shape index (κ2) is 0.713. The van der Waals surface area contributed by atoms with Gasteiger partial charge >= 0.3 is 8.10 Å². The van der Waals surface area contributed by atoms with E-state index >= 15 is 0 Å². The van der Waals surface area contributed by atoms with Gasteiger partial charge in [0.25, 0.3) is 0 Å². The Morgan fingerprint density at radius 3 is 2.00 bits per heavy atom. The molecule has 5 heavy (non-hydrogen) atoms. The van der Waals surface area contributed by atoms with E-state index in [1.54, 1.807) is 0 Å². The summed E-state index contributed by atoms with van der Waals surface area (Å²) in [6.45, 7) is 0. The molecule has 1 aliphatic heterocycles. The maximum atomic E-state index is 9.65. The summed E-state index contributed by atoms with van der Waals surface area (Å²) in [7, 11) is -1.53. The summed E-state index contributed by atoms with van der Waals surface area (Å²) in [5.74, 6) is 0. The average molecular weight is 87.0 g/mol. The van der Waals surface area contributed by atoms with Crippen molar-refractivity contribution in [1.82, 2.24) is 0 Å². The van der Waals surface area contributed by atoms with Gasteiger partial charge in [-0.25, -0.2) is 0 Å². The van der Waals surface area contributed by atoms with E-state index in [1.165, 1.54) is 0 Å². The van der Waals surface area contributed by atoms with Crippen LogP contribution in [0.2, 0.25) is 0 Å². The standard InChI is InChI=1S/CN2OP/c4-5-2-1-3-5/q+1. The topological polar surface area (TPSA) is 41.8 Å². The van der Waals surface area contributed by atoms with Crippen LogP contribution in [0.1, 0.15) is 0 Å². The highest BCUT2D eigenvalue weighted by Gasteiger charge is 2.16. The molecule has 1 aliphatic rings. The van der Waals surface area contributed by atoms with Gasteiger partial charge in [0.2, 0.25) is 6.01 Å². The van der Waals surface area contributed by atoms with Crippen LogP contribution in [0.4, 0.5) is 0 Å². The van der Waals surface area contributed by atoms with Gasteiger partial charge in [-0.05, 0) is 4.57 Å². The van der Waals surface area contributed by atoms with Crippen molar-refractivity contribution in [2.75, 3.05) is 0 Å². The summed E-state index contributed by atoms with van der Waals surface area (Å²) in [4.78, 5) is 0. The molecule has 0 aromatic carbocycles. The van der Waals surface area contributed by atoms with Gasteiger partial charge < -0.3 is 0 Å². The van der Waals surface area contributed by atoms with Gasteiger partial charge in [-0.1, -0.05) is 0 Å². The van der Waals surface area contributed by atoms with Crippen LogP contribution in [0.3, 0.4) is 0 Å². The van der Waals surface area contributed by atoms with Gasteiger partial charge in [0, 0.05) is 0 Å². The Kier molecular flexibility index (Phi) is 0.385. The summed E-state index contributed by atoms with van der Waals surface area (Å²) >= 11 is 0. The van der Waals surface area contributed by atoms with Crippen LogP contribution in [-0.4, -0.2) is 6.01 Å². The predicted octanol–water partition coefficient (Wildman–Crippen LogP) is 0.831. The molecule has 3 nitrogen and oxygen atoms in total.